The van der Waals surface area contributed by atoms with Crippen LogP contribution in [0.25, 0.3) is 0 Å². The summed E-state index contributed by atoms with van der Waals surface area (Å²) in [7, 11) is 4.00. The molecule has 0 bridgehead atoms. The van der Waals surface area contributed by atoms with Crippen LogP contribution in [0.3, 0.4) is 0 Å². The van der Waals surface area contributed by atoms with Crippen LogP contribution >= 0.6 is 0 Å². The van der Waals surface area contributed by atoms with Gasteiger partial charge in [0.25, 0.3) is 0 Å². The van der Waals surface area contributed by atoms with Crippen molar-refractivity contribution in [3.05, 3.63) is 30.6 Å². The lowest BCUT2D eigenvalue weighted by Crippen LogP contribution is -2.07. The fraction of sp³-hybridized carbons (Fsp3) is 0.286. The van der Waals surface area contributed by atoms with Gasteiger partial charge in [-0.3, -0.25) is 4.90 Å². The number of aromatic amines is 1. The predicted octanol–water partition coefficient (Wildman–Crippen LogP) is 1.09. The van der Waals surface area contributed by atoms with Gasteiger partial charge >= 0.3 is 0 Å². The summed E-state index contributed by atoms with van der Waals surface area (Å²) in [6, 6.07) is 4.01. The summed E-state index contributed by atoms with van der Waals surface area (Å²) in [5.41, 5.74) is 1.14. The summed E-state index contributed by atoms with van der Waals surface area (Å²) in [5, 5.41) is 0. The molecule has 1 aromatic heterocycles. The van der Waals surface area contributed by atoms with Crippen LogP contribution in [0.5, 0.6) is 0 Å². The topological polar surface area (TPSA) is 19.0 Å². The molecule has 9 heavy (non-hydrogen) atoms. The summed E-state index contributed by atoms with van der Waals surface area (Å²) in [4.78, 5) is 5.08. The van der Waals surface area contributed by atoms with E-state index in [4.69, 9.17) is 0 Å². The molecule has 0 aliphatic rings. The van der Waals surface area contributed by atoms with E-state index >= 15 is 0 Å². The SMILES string of the molecule is CN(C)[CH]c1ccc[nH]1. The average molecular weight is 123 g/mol. The monoisotopic (exact) mass is 123 g/mol. The molecule has 0 spiro atoms. The van der Waals surface area contributed by atoms with Gasteiger partial charge in [0.05, 0.1) is 6.54 Å². The zero-order valence-corrected chi connectivity index (χ0v) is 5.76. The van der Waals surface area contributed by atoms with E-state index in [-0.39, 0.29) is 0 Å². The summed E-state index contributed by atoms with van der Waals surface area (Å²) in [6.45, 7) is 2.03. The second-order valence-electron chi connectivity index (χ2n) is 2.22. The first-order valence-electron chi connectivity index (χ1n) is 2.94. The Hall–Kier alpha value is -0.760. The number of aromatic nitrogens is 1. The summed E-state index contributed by atoms with van der Waals surface area (Å²) in [5.74, 6) is 0. The Morgan fingerprint density at radius 3 is 2.78 bits per heavy atom. The van der Waals surface area contributed by atoms with E-state index in [0.29, 0.717) is 0 Å². The molecule has 0 fully saturated rings. The first-order valence-corrected chi connectivity index (χ1v) is 2.94. The fourth-order valence-corrected chi connectivity index (χ4v) is 0.703. The summed E-state index contributed by atoms with van der Waals surface area (Å²) >= 11 is 0. The Morgan fingerprint density at radius 2 is 2.33 bits per heavy atom. The van der Waals surface area contributed by atoms with Gasteiger partial charge in [0, 0.05) is 11.9 Å². The van der Waals surface area contributed by atoms with Gasteiger partial charge in [-0.15, -0.1) is 0 Å². The van der Waals surface area contributed by atoms with E-state index in [2.05, 4.69) is 4.98 Å². The zero-order valence-electron chi connectivity index (χ0n) is 5.76. The zero-order chi connectivity index (χ0) is 6.69. The highest BCUT2D eigenvalue weighted by Gasteiger charge is 1.92. The number of H-pyrrole nitrogens is 1. The van der Waals surface area contributed by atoms with Gasteiger partial charge in [-0.05, 0) is 26.2 Å². The highest BCUT2D eigenvalue weighted by molar-refractivity contribution is 5.11. The van der Waals surface area contributed by atoms with Gasteiger partial charge in [0.2, 0.25) is 0 Å². The first kappa shape index (κ1) is 6.36. The number of hydrogen-bond acceptors (Lipinski definition) is 1. The Labute approximate surface area is 55.5 Å². The van der Waals surface area contributed by atoms with Crippen molar-refractivity contribution < 1.29 is 0 Å². The maximum atomic E-state index is 3.07. The molecule has 1 N–H and O–H groups in total. The Bertz CT molecular complexity index is 153. The van der Waals surface area contributed by atoms with E-state index in [0.717, 1.165) is 5.69 Å². The molecule has 49 valence electrons. The second-order valence-corrected chi connectivity index (χ2v) is 2.22. The van der Waals surface area contributed by atoms with Gasteiger partial charge in [-0.1, -0.05) is 0 Å². The van der Waals surface area contributed by atoms with E-state index in [9.17, 15) is 0 Å². The summed E-state index contributed by atoms with van der Waals surface area (Å²) < 4.78 is 0. The van der Waals surface area contributed by atoms with E-state index in [1.807, 2.05) is 43.9 Å². The van der Waals surface area contributed by atoms with Crippen molar-refractivity contribution in [2.24, 2.45) is 0 Å². The molecule has 0 aromatic carbocycles. The molecule has 0 aliphatic heterocycles. The molecule has 0 saturated heterocycles. The van der Waals surface area contributed by atoms with Crippen LogP contribution in [0.4, 0.5) is 0 Å². The normalized spacial score (nSPS) is 10.6. The summed E-state index contributed by atoms with van der Waals surface area (Å²) in [6.07, 6.45) is 1.91. The van der Waals surface area contributed by atoms with E-state index in [1.165, 1.54) is 0 Å². The van der Waals surface area contributed by atoms with Crippen LogP contribution in [0.2, 0.25) is 0 Å². The molecule has 1 heterocycles. The van der Waals surface area contributed by atoms with Gasteiger partial charge in [0.1, 0.15) is 0 Å². The fourth-order valence-electron chi connectivity index (χ4n) is 0.703. The minimum atomic E-state index is 1.14. The van der Waals surface area contributed by atoms with Crippen LogP contribution < -0.4 is 0 Å². The van der Waals surface area contributed by atoms with Gasteiger partial charge in [-0.25, -0.2) is 0 Å². The maximum absolute atomic E-state index is 3.07. The molecule has 2 heteroatoms. The lowest BCUT2D eigenvalue weighted by Gasteiger charge is -2.04. The molecule has 0 unspecified atom stereocenters. The molecular formula is C7H11N2. The Kier molecular flexibility index (Phi) is 1.90. The largest absolute Gasteiger partial charge is 0.364 e. The second kappa shape index (κ2) is 2.69. The molecule has 0 saturated carbocycles. The highest BCUT2D eigenvalue weighted by atomic mass is 15.1. The molecule has 0 aliphatic carbocycles. The Balaban J connectivity index is 2.48. The van der Waals surface area contributed by atoms with Crippen molar-refractivity contribution in [1.29, 1.82) is 0 Å². The van der Waals surface area contributed by atoms with Crippen molar-refractivity contribution in [3.8, 4) is 0 Å². The maximum Gasteiger partial charge on any atom is 0.0707 e. The van der Waals surface area contributed by atoms with Crippen molar-refractivity contribution in [1.82, 2.24) is 9.88 Å². The van der Waals surface area contributed by atoms with Crippen molar-refractivity contribution in [3.63, 3.8) is 0 Å². The van der Waals surface area contributed by atoms with E-state index < -0.39 is 0 Å². The van der Waals surface area contributed by atoms with Crippen LogP contribution in [0.15, 0.2) is 18.3 Å². The quantitative estimate of drug-likeness (QED) is 0.623. The lowest BCUT2D eigenvalue weighted by atomic mass is 10.4. The Morgan fingerprint density at radius 1 is 1.56 bits per heavy atom. The number of nitrogens with one attached hydrogen (secondary N) is 1. The van der Waals surface area contributed by atoms with Gasteiger partial charge in [0.15, 0.2) is 0 Å². The predicted molar refractivity (Wildman–Crippen MR) is 37.9 cm³/mol. The number of nitrogens with zero attached hydrogens (tertiary/aromatic N) is 1. The average Bonchev–Trinajstić information content (AvgIpc) is 2.15. The molecule has 0 amide bonds. The standard InChI is InChI=1S/C7H11N2/c1-9(2)6-7-4-3-5-8-7/h3-6,8H,1-2H3. The van der Waals surface area contributed by atoms with Crippen molar-refractivity contribution >= 4 is 0 Å². The third kappa shape index (κ3) is 1.90. The molecule has 1 rings (SSSR count). The highest BCUT2D eigenvalue weighted by Crippen LogP contribution is 1.98. The van der Waals surface area contributed by atoms with Crippen LogP contribution in [0.1, 0.15) is 5.69 Å². The first-order chi connectivity index (χ1) is 4.29. The molecular weight excluding hydrogens is 112 g/mol. The van der Waals surface area contributed by atoms with Crippen molar-refractivity contribution in [2.75, 3.05) is 14.1 Å². The number of rotatable bonds is 2. The van der Waals surface area contributed by atoms with Crippen LogP contribution in [-0.2, 0) is 0 Å². The molecule has 2 nitrogen and oxygen atoms in total. The third-order valence-electron chi connectivity index (χ3n) is 1.02. The van der Waals surface area contributed by atoms with Crippen LogP contribution in [-0.4, -0.2) is 24.0 Å². The minimum Gasteiger partial charge on any atom is -0.364 e. The lowest BCUT2D eigenvalue weighted by molar-refractivity contribution is 0.512. The molecule has 0 atom stereocenters. The molecule has 1 aromatic rings. The van der Waals surface area contributed by atoms with E-state index in [1.54, 1.807) is 0 Å². The minimum absolute atomic E-state index is 1.14. The smallest absolute Gasteiger partial charge is 0.0707 e. The number of hydrogen-bond donors (Lipinski definition) is 1. The van der Waals surface area contributed by atoms with Gasteiger partial charge in [-0.2, -0.15) is 0 Å². The van der Waals surface area contributed by atoms with Crippen LogP contribution in [0, 0.1) is 6.54 Å². The van der Waals surface area contributed by atoms with Gasteiger partial charge < -0.3 is 4.98 Å². The third-order valence-corrected chi connectivity index (χ3v) is 1.02. The molecule has 1 radical (unpaired) electrons. The van der Waals surface area contributed by atoms with Crippen molar-refractivity contribution in [2.45, 2.75) is 0 Å².